The Bertz CT molecular complexity index is 133. The molecule has 9 heavy (non-hydrogen) atoms. The highest BCUT2D eigenvalue weighted by molar-refractivity contribution is 8.01. The first-order valence-electron chi connectivity index (χ1n) is 2.71. The molecule has 0 aromatic carbocycles. The maximum atomic E-state index is 10.4. The van der Waals surface area contributed by atoms with Crippen molar-refractivity contribution in [3.63, 3.8) is 0 Å². The van der Waals surface area contributed by atoms with Gasteiger partial charge < -0.3 is 5.32 Å². The van der Waals surface area contributed by atoms with Gasteiger partial charge >= 0.3 is 0 Å². The monoisotopic (exact) mass is 163 g/mol. The fraction of sp³-hybridized carbons (Fsp3) is 0.800. The van der Waals surface area contributed by atoms with Crippen LogP contribution in [0.15, 0.2) is 0 Å². The summed E-state index contributed by atoms with van der Waals surface area (Å²) in [5.74, 6) is 2.03. The van der Waals surface area contributed by atoms with Crippen molar-refractivity contribution in [2.45, 2.75) is 12.5 Å². The second-order valence-electron chi connectivity index (χ2n) is 2.48. The molecule has 0 aliphatic carbocycles. The molecule has 1 fully saturated rings. The molecule has 2 nitrogen and oxygen atoms in total. The van der Waals surface area contributed by atoms with Crippen LogP contribution in [0, 0.1) is 0 Å². The van der Waals surface area contributed by atoms with E-state index in [0.29, 0.717) is 0 Å². The zero-order valence-electron chi connectivity index (χ0n) is 5.18. The highest BCUT2D eigenvalue weighted by Gasteiger charge is 2.33. The first-order chi connectivity index (χ1) is 4.12. The lowest BCUT2D eigenvalue weighted by atomic mass is 10.1. The van der Waals surface area contributed by atoms with Crippen molar-refractivity contribution >= 4 is 29.6 Å². The predicted octanol–water partition coefficient (Wildman–Crippen LogP) is 1.13. The van der Waals surface area contributed by atoms with E-state index < -0.39 is 0 Å². The Morgan fingerprint density at radius 1 is 1.78 bits per heavy atom. The summed E-state index contributed by atoms with van der Waals surface area (Å²) in [6, 6.07) is 0. The number of amides is 1. The van der Waals surface area contributed by atoms with Crippen molar-refractivity contribution in [2.75, 3.05) is 11.5 Å². The molecule has 1 saturated heterocycles. The number of hydrogen-bond donors (Lipinski definition) is 2. The zero-order chi connectivity index (χ0) is 6.91. The van der Waals surface area contributed by atoms with E-state index in [0.717, 1.165) is 11.5 Å². The molecule has 1 heterocycles. The van der Waals surface area contributed by atoms with Crippen LogP contribution >= 0.6 is 24.4 Å². The van der Waals surface area contributed by atoms with Crippen LogP contribution in [0.4, 0.5) is 4.79 Å². The van der Waals surface area contributed by atoms with Crippen molar-refractivity contribution in [1.82, 2.24) is 5.32 Å². The third-order valence-electron chi connectivity index (χ3n) is 1.25. The van der Waals surface area contributed by atoms with Gasteiger partial charge in [0.1, 0.15) is 0 Å². The molecule has 1 aliphatic heterocycles. The SMILES string of the molecule is CC1(NC(=O)S)CSC1. The van der Waals surface area contributed by atoms with E-state index in [-0.39, 0.29) is 10.8 Å². The topological polar surface area (TPSA) is 29.1 Å². The van der Waals surface area contributed by atoms with Crippen LogP contribution < -0.4 is 5.32 Å². The Kier molecular flexibility index (Phi) is 1.96. The Labute approximate surface area is 64.2 Å². The van der Waals surface area contributed by atoms with Crippen LogP contribution in [-0.4, -0.2) is 22.3 Å². The first kappa shape index (κ1) is 7.28. The highest BCUT2D eigenvalue weighted by Crippen LogP contribution is 2.28. The molecule has 1 N–H and O–H groups in total. The minimum absolute atomic E-state index is 0.0312. The average Bonchev–Trinajstić information content (AvgIpc) is 1.60. The molecule has 1 rings (SSSR count). The zero-order valence-corrected chi connectivity index (χ0v) is 6.89. The summed E-state index contributed by atoms with van der Waals surface area (Å²) in [6.07, 6.45) is 0. The van der Waals surface area contributed by atoms with Gasteiger partial charge in [-0.2, -0.15) is 11.8 Å². The summed E-state index contributed by atoms with van der Waals surface area (Å²) in [7, 11) is 0. The maximum absolute atomic E-state index is 10.4. The molecule has 0 radical (unpaired) electrons. The van der Waals surface area contributed by atoms with Crippen LogP contribution in [-0.2, 0) is 0 Å². The van der Waals surface area contributed by atoms with Crippen LogP contribution in [0.25, 0.3) is 0 Å². The van der Waals surface area contributed by atoms with Gasteiger partial charge in [0.25, 0.3) is 5.24 Å². The molecule has 0 aromatic heterocycles. The van der Waals surface area contributed by atoms with E-state index in [9.17, 15) is 4.79 Å². The molecule has 0 atom stereocenters. The molecule has 0 bridgehead atoms. The quantitative estimate of drug-likeness (QED) is 0.567. The molecule has 0 saturated carbocycles. The fourth-order valence-corrected chi connectivity index (χ4v) is 1.97. The molecule has 52 valence electrons. The summed E-state index contributed by atoms with van der Waals surface area (Å²) in [6.45, 7) is 2.03. The van der Waals surface area contributed by atoms with E-state index in [2.05, 4.69) is 17.9 Å². The van der Waals surface area contributed by atoms with Gasteiger partial charge in [0.15, 0.2) is 0 Å². The second kappa shape index (κ2) is 2.42. The lowest BCUT2D eigenvalue weighted by Gasteiger charge is -2.37. The van der Waals surface area contributed by atoms with E-state index in [1.54, 1.807) is 0 Å². The van der Waals surface area contributed by atoms with Crippen molar-refractivity contribution in [2.24, 2.45) is 0 Å². The third-order valence-corrected chi connectivity index (χ3v) is 3.04. The molecule has 1 amide bonds. The van der Waals surface area contributed by atoms with Crippen LogP contribution in [0.2, 0.25) is 0 Å². The maximum Gasteiger partial charge on any atom is 0.276 e. The fourth-order valence-electron chi connectivity index (χ4n) is 0.739. The molecule has 0 spiro atoms. The molecular weight excluding hydrogens is 154 g/mol. The van der Waals surface area contributed by atoms with Gasteiger partial charge in [-0.25, -0.2) is 0 Å². The van der Waals surface area contributed by atoms with Crippen molar-refractivity contribution in [3.8, 4) is 0 Å². The van der Waals surface area contributed by atoms with E-state index in [1.165, 1.54) is 0 Å². The minimum Gasteiger partial charge on any atom is -0.340 e. The summed E-state index contributed by atoms with van der Waals surface area (Å²) in [5.41, 5.74) is 0.0312. The summed E-state index contributed by atoms with van der Waals surface area (Å²) < 4.78 is 0. The molecule has 1 aliphatic rings. The smallest absolute Gasteiger partial charge is 0.276 e. The molecular formula is C5H9NOS2. The van der Waals surface area contributed by atoms with Crippen molar-refractivity contribution in [3.05, 3.63) is 0 Å². The highest BCUT2D eigenvalue weighted by atomic mass is 32.2. The van der Waals surface area contributed by atoms with Crippen molar-refractivity contribution in [1.29, 1.82) is 0 Å². The summed E-state index contributed by atoms with van der Waals surface area (Å²) in [4.78, 5) is 10.4. The number of carbonyl (C=O) groups excluding carboxylic acids is 1. The summed E-state index contributed by atoms with van der Waals surface area (Å²) in [5, 5.41) is 2.54. The lowest BCUT2D eigenvalue weighted by Crippen LogP contribution is -2.54. The lowest BCUT2D eigenvalue weighted by molar-refractivity contribution is 0.253. The van der Waals surface area contributed by atoms with Gasteiger partial charge in [0.2, 0.25) is 0 Å². The number of nitrogens with one attached hydrogen (secondary N) is 1. The van der Waals surface area contributed by atoms with Gasteiger partial charge in [-0.3, -0.25) is 4.79 Å². The van der Waals surface area contributed by atoms with Gasteiger partial charge in [-0.05, 0) is 6.92 Å². The minimum atomic E-state index is -0.224. The van der Waals surface area contributed by atoms with Crippen LogP contribution in [0.3, 0.4) is 0 Å². The third kappa shape index (κ3) is 1.79. The number of thiol groups is 1. The number of thioether (sulfide) groups is 1. The Morgan fingerprint density at radius 2 is 2.33 bits per heavy atom. The first-order valence-corrected chi connectivity index (χ1v) is 4.31. The van der Waals surface area contributed by atoms with E-state index >= 15 is 0 Å². The Hall–Kier alpha value is 0.170. The normalized spacial score (nSPS) is 22.4. The number of rotatable bonds is 1. The number of carbonyl (C=O) groups is 1. The second-order valence-corrected chi connectivity index (χ2v) is 3.88. The number of hydrogen-bond acceptors (Lipinski definition) is 2. The van der Waals surface area contributed by atoms with E-state index in [1.807, 2.05) is 18.7 Å². The Balaban J connectivity index is 2.33. The predicted molar refractivity (Wildman–Crippen MR) is 43.2 cm³/mol. The standard InChI is InChI=1S/C5H9NOS2/c1-5(2-9-3-5)6-4(7)8/h2-3H2,1H3,(H2,6,7,8). The summed E-state index contributed by atoms with van der Waals surface area (Å²) >= 11 is 5.46. The van der Waals surface area contributed by atoms with Gasteiger partial charge in [0.05, 0.1) is 5.54 Å². The molecule has 4 heteroatoms. The van der Waals surface area contributed by atoms with Gasteiger partial charge in [-0.1, -0.05) is 12.6 Å². The average molecular weight is 163 g/mol. The van der Waals surface area contributed by atoms with Crippen LogP contribution in [0.5, 0.6) is 0 Å². The molecule has 0 aromatic rings. The largest absolute Gasteiger partial charge is 0.340 e. The van der Waals surface area contributed by atoms with Crippen LogP contribution in [0.1, 0.15) is 6.92 Å². The van der Waals surface area contributed by atoms with E-state index in [4.69, 9.17) is 0 Å². The van der Waals surface area contributed by atoms with Gasteiger partial charge in [0, 0.05) is 11.5 Å². The van der Waals surface area contributed by atoms with Crippen molar-refractivity contribution < 1.29 is 4.79 Å². The Morgan fingerprint density at radius 3 is 2.44 bits per heavy atom. The molecule has 0 unspecified atom stereocenters. The van der Waals surface area contributed by atoms with Gasteiger partial charge in [-0.15, -0.1) is 0 Å².